The molecule has 1 amide bonds. The van der Waals surface area contributed by atoms with Gasteiger partial charge in [-0.25, -0.2) is 14.5 Å². The highest BCUT2D eigenvalue weighted by Gasteiger charge is 2.19. The first-order valence-corrected chi connectivity index (χ1v) is 11.2. The number of methoxy groups -OCH3 is 1. The highest BCUT2D eigenvalue weighted by molar-refractivity contribution is 5.95. The Morgan fingerprint density at radius 2 is 2.03 bits per heavy atom. The summed E-state index contributed by atoms with van der Waals surface area (Å²) in [5, 5.41) is 10.5. The van der Waals surface area contributed by atoms with E-state index < -0.39 is 0 Å². The van der Waals surface area contributed by atoms with E-state index in [9.17, 15) is 4.79 Å². The van der Waals surface area contributed by atoms with E-state index >= 15 is 0 Å². The molecule has 2 aromatic heterocycles. The summed E-state index contributed by atoms with van der Waals surface area (Å²) in [5.41, 5.74) is 4.55. The lowest BCUT2D eigenvalue weighted by Gasteiger charge is -2.30. The highest BCUT2D eigenvalue weighted by Crippen LogP contribution is 2.35. The maximum atomic E-state index is 11.6. The van der Waals surface area contributed by atoms with Crippen molar-refractivity contribution in [2.24, 2.45) is 0 Å². The zero-order valence-corrected chi connectivity index (χ0v) is 19.0. The van der Waals surface area contributed by atoms with Crippen LogP contribution >= 0.6 is 0 Å². The van der Waals surface area contributed by atoms with Gasteiger partial charge in [-0.15, -0.1) is 0 Å². The van der Waals surface area contributed by atoms with Crippen molar-refractivity contribution in [3.05, 3.63) is 48.9 Å². The summed E-state index contributed by atoms with van der Waals surface area (Å²) in [4.78, 5) is 23.0. The average molecular weight is 473 g/mol. The van der Waals surface area contributed by atoms with Gasteiger partial charge < -0.3 is 29.7 Å². The Balaban J connectivity index is 1.34. The number of ether oxygens (including phenoxy) is 3. The molecular formula is C24H23N7O4. The number of amides is 1. The zero-order valence-electron chi connectivity index (χ0n) is 19.0. The number of morpholine rings is 1. The number of fused-ring (bicyclic) bond motifs is 2. The Kier molecular flexibility index (Phi) is 5.30. The van der Waals surface area contributed by atoms with Gasteiger partial charge in [0.05, 0.1) is 43.6 Å². The number of nitrogens with zero attached hydrogens (tertiary/aromatic N) is 5. The summed E-state index contributed by atoms with van der Waals surface area (Å²) < 4.78 is 18.4. The van der Waals surface area contributed by atoms with Gasteiger partial charge in [-0.05, 0) is 24.3 Å². The summed E-state index contributed by atoms with van der Waals surface area (Å²) in [6.45, 7) is 3.03. The molecule has 2 aliphatic rings. The van der Waals surface area contributed by atoms with Crippen LogP contribution in [0.15, 0.2) is 48.9 Å². The van der Waals surface area contributed by atoms with Crippen LogP contribution in [0.2, 0.25) is 0 Å². The van der Waals surface area contributed by atoms with Crippen molar-refractivity contribution in [3.8, 4) is 22.8 Å². The van der Waals surface area contributed by atoms with E-state index in [2.05, 4.69) is 25.6 Å². The van der Waals surface area contributed by atoms with Crippen LogP contribution in [0, 0.1) is 0 Å². The molecule has 35 heavy (non-hydrogen) atoms. The molecule has 0 atom stereocenters. The van der Waals surface area contributed by atoms with Crippen LogP contribution < -0.4 is 25.0 Å². The molecule has 178 valence electrons. The number of aromatic nitrogens is 4. The number of carbonyl (C=O) groups excluding carboxylic acids is 1. The highest BCUT2D eigenvalue weighted by atomic mass is 16.5. The largest absolute Gasteiger partial charge is 0.495 e. The number of hydrogen-bond donors (Lipinski definition) is 2. The van der Waals surface area contributed by atoms with Crippen LogP contribution in [-0.4, -0.2) is 65.5 Å². The first-order valence-electron chi connectivity index (χ1n) is 11.2. The van der Waals surface area contributed by atoms with E-state index in [0.717, 1.165) is 35.8 Å². The number of hydrogen-bond acceptors (Lipinski definition) is 9. The molecule has 2 aliphatic heterocycles. The topological polar surface area (TPSA) is 115 Å². The molecule has 4 aromatic rings. The fraction of sp³-hybridized carbons (Fsp3) is 0.250. The van der Waals surface area contributed by atoms with Crippen molar-refractivity contribution in [3.63, 3.8) is 0 Å². The maximum Gasteiger partial charge on any atom is 0.262 e. The van der Waals surface area contributed by atoms with Crippen molar-refractivity contribution >= 4 is 34.4 Å². The molecule has 0 bridgehead atoms. The zero-order chi connectivity index (χ0) is 23.8. The van der Waals surface area contributed by atoms with Gasteiger partial charge in [0.15, 0.2) is 18.1 Å². The summed E-state index contributed by atoms with van der Waals surface area (Å²) in [6, 6.07) is 11.5. The number of nitrogens with one attached hydrogen (secondary N) is 2. The number of anilines is 4. The summed E-state index contributed by atoms with van der Waals surface area (Å²) >= 11 is 0. The second-order valence-electron chi connectivity index (χ2n) is 8.16. The van der Waals surface area contributed by atoms with Gasteiger partial charge in [-0.1, -0.05) is 6.07 Å². The van der Waals surface area contributed by atoms with Crippen molar-refractivity contribution in [1.82, 2.24) is 19.6 Å². The average Bonchev–Trinajstić information content (AvgIpc) is 3.38. The molecule has 0 unspecified atom stereocenters. The molecule has 0 saturated carbocycles. The van der Waals surface area contributed by atoms with E-state index in [1.165, 1.54) is 6.33 Å². The smallest absolute Gasteiger partial charge is 0.262 e. The minimum Gasteiger partial charge on any atom is -0.495 e. The Hall–Kier alpha value is -4.38. The van der Waals surface area contributed by atoms with Gasteiger partial charge >= 0.3 is 0 Å². The Labute approximate surface area is 200 Å². The molecule has 2 aromatic carbocycles. The number of carbonyl (C=O) groups is 1. The van der Waals surface area contributed by atoms with E-state index in [4.69, 9.17) is 19.2 Å². The minimum atomic E-state index is -0.172. The lowest BCUT2D eigenvalue weighted by Crippen LogP contribution is -2.36. The van der Waals surface area contributed by atoms with Crippen molar-refractivity contribution in [1.29, 1.82) is 0 Å². The fourth-order valence-corrected chi connectivity index (χ4v) is 4.24. The van der Waals surface area contributed by atoms with Crippen LogP contribution in [0.4, 0.5) is 22.9 Å². The second kappa shape index (κ2) is 8.76. The Morgan fingerprint density at radius 3 is 2.89 bits per heavy atom. The number of benzene rings is 2. The molecule has 0 radical (unpaired) electrons. The molecule has 2 N–H and O–H groups in total. The molecule has 1 fully saturated rings. The second-order valence-corrected chi connectivity index (χ2v) is 8.16. The first-order chi connectivity index (χ1) is 17.2. The van der Waals surface area contributed by atoms with Crippen LogP contribution in [0.1, 0.15) is 0 Å². The van der Waals surface area contributed by atoms with Gasteiger partial charge in [0.25, 0.3) is 5.91 Å². The maximum absolute atomic E-state index is 11.6. The lowest BCUT2D eigenvalue weighted by atomic mass is 10.1. The van der Waals surface area contributed by atoms with E-state index in [1.807, 2.05) is 30.3 Å². The normalized spacial score (nSPS) is 15.3. The van der Waals surface area contributed by atoms with Crippen molar-refractivity contribution < 1.29 is 19.0 Å². The molecule has 11 heteroatoms. The minimum absolute atomic E-state index is 0.0128. The van der Waals surface area contributed by atoms with E-state index in [-0.39, 0.29) is 12.5 Å². The van der Waals surface area contributed by atoms with Gasteiger partial charge in [0, 0.05) is 30.4 Å². The Morgan fingerprint density at radius 1 is 1.14 bits per heavy atom. The first kappa shape index (κ1) is 21.2. The fourth-order valence-electron chi connectivity index (χ4n) is 4.24. The molecule has 0 spiro atoms. The SMILES string of the molecule is COc1cc(Nc2nc(-c3ccc4c(c3)OCC(=O)N4)cn3ncnc23)ccc1N1CCOCC1. The third kappa shape index (κ3) is 4.06. The van der Waals surface area contributed by atoms with E-state index in [0.29, 0.717) is 41.8 Å². The van der Waals surface area contributed by atoms with Gasteiger partial charge in [0.1, 0.15) is 17.8 Å². The molecule has 11 nitrogen and oxygen atoms in total. The summed E-state index contributed by atoms with van der Waals surface area (Å²) in [6.07, 6.45) is 3.29. The van der Waals surface area contributed by atoms with E-state index in [1.54, 1.807) is 23.9 Å². The predicted molar refractivity (Wildman–Crippen MR) is 130 cm³/mol. The molecule has 6 rings (SSSR count). The van der Waals surface area contributed by atoms with Gasteiger partial charge in [-0.2, -0.15) is 5.10 Å². The quantitative estimate of drug-likeness (QED) is 0.451. The molecule has 0 aliphatic carbocycles. The van der Waals surface area contributed by atoms with Gasteiger partial charge in [-0.3, -0.25) is 4.79 Å². The predicted octanol–water partition coefficient (Wildman–Crippen LogP) is 2.71. The summed E-state index contributed by atoms with van der Waals surface area (Å²) in [5.74, 6) is 1.74. The molecule has 1 saturated heterocycles. The third-order valence-electron chi connectivity index (χ3n) is 5.97. The third-order valence-corrected chi connectivity index (χ3v) is 5.97. The van der Waals surface area contributed by atoms with Gasteiger partial charge in [0.2, 0.25) is 0 Å². The molecular weight excluding hydrogens is 450 g/mol. The van der Waals surface area contributed by atoms with Crippen LogP contribution in [-0.2, 0) is 9.53 Å². The van der Waals surface area contributed by atoms with Crippen LogP contribution in [0.5, 0.6) is 11.5 Å². The standard InChI is InChI=1S/C24H23N7O4/c1-33-21-11-16(3-5-19(21)30-6-8-34-9-7-30)27-23-24-25-14-26-31(24)12-18(29-23)15-2-4-17-20(10-15)35-13-22(32)28-17/h2-5,10-12,14H,6-9,13H2,1H3,(H,27,29)(H,28,32). The monoisotopic (exact) mass is 473 g/mol. The number of rotatable bonds is 5. The summed E-state index contributed by atoms with van der Waals surface area (Å²) in [7, 11) is 1.67. The lowest BCUT2D eigenvalue weighted by molar-refractivity contribution is -0.118. The Bertz CT molecular complexity index is 1410. The van der Waals surface area contributed by atoms with Crippen LogP contribution in [0.25, 0.3) is 16.9 Å². The van der Waals surface area contributed by atoms with Crippen molar-refractivity contribution in [2.75, 3.05) is 55.6 Å². The van der Waals surface area contributed by atoms with Crippen molar-refractivity contribution in [2.45, 2.75) is 0 Å². The molecule has 4 heterocycles. The van der Waals surface area contributed by atoms with Crippen LogP contribution in [0.3, 0.4) is 0 Å².